The molecule has 0 bridgehead atoms. The van der Waals surface area contributed by atoms with Gasteiger partial charge in [-0.15, -0.1) is 0 Å². The summed E-state index contributed by atoms with van der Waals surface area (Å²) >= 11 is 0. The van der Waals surface area contributed by atoms with E-state index in [0.717, 1.165) is 16.7 Å². The van der Waals surface area contributed by atoms with Gasteiger partial charge in [-0.1, -0.05) is 62.0 Å². The Morgan fingerprint density at radius 1 is 1.05 bits per heavy atom. The van der Waals surface area contributed by atoms with Gasteiger partial charge in [0.25, 0.3) is 0 Å². The number of hydrogen-bond acceptors (Lipinski definition) is 7. The van der Waals surface area contributed by atoms with Gasteiger partial charge in [0.1, 0.15) is 11.6 Å². The molecule has 2 aromatic rings. The number of primary amides is 1. The van der Waals surface area contributed by atoms with Crippen molar-refractivity contribution >= 4 is 29.6 Å². The monoisotopic (exact) mass is 537 g/mol. The first-order valence-electron chi connectivity index (χ1n) is 12.6. The minimum atomic E-state index is -0.380. The lowest BCUT2D eigenvalue weighted by Crippen LogP contribution is -2.21. The second kappa shape index (κ2) is 19.8. The fourth-order valence-electron chi connectivity index (χ4n) is 3.21. The standard InChI is InChI=1S/C14H18N2O2.C11H15N3O.C4H10N2/c1-10(17)13(5-6-14(16)18)8-11-3-2-4-12(7-11)9-15;1-2-10(15)14-7-8-3-5-9(6-4-8)11(12)13;1-4(5)3-6-2/h2-4,7,9,13,15H,5-6,8H2,1H3,(H2,16,18);3-6H,2,7H2,1H3,(H3,12,13)(H,14,15);6H,1,3,5H2,2H3. The van der Waals surface area contributed by atoms with Gasteiger partial charge in [0.2, 0.25) is 11.8 Å². The van der Waals surface area contributed by atoms with Crippen LogP contribution in [0, 0.1) is 16.7 Å². The van der Waals surface area contributed by atoms with Crippen LogP contribution in [-0.4, -0.2) is 43.2 Å². The number of Topliss-reactive ketones (excluding diaryl/α,β-unsaturated/α-hetero) is 1. The van der Waals surface area contributed by atoms with Crippen LogP contribution < -0.4 is 27.8 Å². The number of nitrogens with one attached hydrogen (secondary N) is 4. The van der Waals surface area contributed by atoms with E-state index in [4.69, 9.17) is 28.0 Å². The number of benzene rings is 2. The Morgan fingerprint density at radius 2 is 1.69 bits per heavy atom. The maximum Gasteiger partial charge on any atom is 0.219 e. The summed E-state index contributed by atoms with van der Waals surface area (Å²) in [4.78, 5) is 33.3. The van der Waals surface area contributed by atoms with E-state index in [1.807, 2.05) is 50.4 Å². The molecule has 0 fully saturated rings. The summed E-state index contributed by atoms with van der Waals surface area (Å²) in [5, 5.41) is 20.0. The lowest BCUT2D eigenvalue weighted by atomic mass is 9.91. The average Bonchev–Trinajstić information content (AvgIpc) is 2.90. The third kappa shape index (κ3) is 16.9. The van der Waals surface area contributed by atoms with Gasteiger partial charge >= 0.3 is 0 Å². The Morgan fingerprint density at radius 3 is 2.13 bits per heavy atom. The molecule has 0 spiro atoms. The number of nitrogens with two attached hydrogens (primary N) is 3. The molecule has 2 amide bonds. The van der Waals surface area contributed by atoms with E-state index >= 15 is 0 Å². The van der Waals surface area contributed by atoms with Gasteiger partial charge in [0.05, 0.1) is 0 Å². The van der Waals surface area contributed by atoms with Crippen molar-refractivity contribution in [1.82, 2.24) is 10.6 Å². The van der Waals surface area contributed by atoms with E-state index in [2.05, 4.69) is 17.2 Å². The maximum atomic E-state index is 11.5. The topological polar surface area (TPSA) is 201 Å². The van der Waals surface area contributed by atoms with Crippen LogP contribution >= 0.6 is 0 Å². The lowest BCUT2D eigenvalue weighted by molar-refractivity contribution is -0.122. The van der Waals surface area contributed by atoms with Crippen LogP contribution in [0.1, 0.15) is 55.4 Å². The first-order valence-corrected chi connectivity index (χ1v) is 12.6. The molecule has 212 valence electrons. The predicted molar refractivity (Wildman–Crippen MR) is 157 cm³/mol. The first-order chi connectivity index (χ1) is 18.4. The van der Waals surface area contributed by atoms with Gasteiger partial charge in [-0.3, -0.25) is 19.8 Å². The number of nitrogen functional groups attached to an aromatic ring is 1. The molecule has 2 rings (SSSR count). The molecule has 2 aromatic carbocycles. The minimum Gasteiger partial charge on any atom is -0.401 e. The van der Waals surface area contributed by atoms with Crippen LogP contribution in [0.4, 0.5) is 0 Å². The minimum absolute atomic E-state index is 0.0330. The number of carbonyl (C=O) groups is 3. The highest BCUT2D eigenvalue weighted by Crippen LogP contribution is 2.16. The number of rotatable bonds is 13. The van der Waals surface area contributed by atoms with Crippen molar-refractivity contribution < 1.29 is 14.4 Å². The summed E-state index contributed by atoms with van der Waals surface area (Å²) < 4.78 is 0. The smallest absolute Gasteiger partial charge is 0.219 e. The number of amidine groups is 1. The van der Waals surface area contributed by atoms with E-state index in [1.54, 1.807) is 12.1 Å². The molecule has 0 aromatic heterocycles. The van der Waals surface area contributed by atoms with Crippen molar-refractivity contribution in [1.29, 1.82) is 10.8 Å². The molecule has 0 radical (unpaired) electrons. The Kier molecular flexibility index (Phi) is 17.6. The third-order valence-electron chi connectivity index (χ3n) is 5.39. The van der Waals surface area contributed by atoms with Gasteiger partial charge < -0.3 is 33.2 Å². The van der Waals surface area contributed by atoms with Crippen molar-refractivity contribution in [3.63, 3.8) is 0 Å². The van der Waals surface area contributed by atoms with E-state index in [1.165, 1.54) is 13.1 Å². The fourth-order valence-corrected chi connectivity index (χ4v) is 3.21. The Hall–Kier alpha value is -4.31. The van der Waals surface area contributed by atoms with Crippen LogP contribution in [0.15, 0.2) is 60.8 Å². The molecule has 0 aliphatic rings. The summed E-state index contributed by atoms with van der Waals surface area (Å²) in [5.74, 6) is -0.408. The maximum absolute atomic E-state index is 11.5. The molecule has 0 saturated carbocycles. The van der Waals surface area contributed by atoms with Crippen molar-refractivity contribution in [3.8, 4) is 0 Å². The highest BCUT2D eigenvalue weighted by molar-refractivity contribution is 5.94. The van der Waals surface area contributed by atoms with E-state index < -0.39 is 0 Å². The number of ketones is 1. The quantitative estimate of drug-likeness (QED) is 0.151. The first kappa shape index (κ1) is 34.7. The molecular formula is C29H43N7O3. The van der Waals surface area contributed by atoms with Gasteiger partial charge in [0, 0.05) is 49.3 Å². The van der Waals surface area contributed by atoms with E-state index in [-0.39, 0.29) is 35.8 Å². The zero-order chi connectivity index (χ0) is 29.8. The van der Waals surface area contributed by atoms with E-state index in [9.17, 15) is 14.4 Å². The third-order valence-corrected chi connectivity index (χ3v) is 5.39. The predicted octanol–water partition coefficient (Wildman–Crippen LogP) is 2.37. The van der Waals surface area contributed by atoms with Crippen LogP contribution in [0.3, 0.4) is 0 Å². The molecule has 10 nitrogen and oxygen atoms in total. The van der Waals surface area contributed by atoms with E-state index in [0.29, 0.717) is 43.6 Å². The van der Waals surface area contributed by atoms with Crippen molar-refractivity contribution in [3.05, 3.63) is 83.1 Å². The molecule has 0 heterocycles. The highest BCUT2D eigenvalue weighted by atomic mass is 16.2. The van der Waals surface area contributed by atoms with Gasteiger partial charge in [-0.2, -0.15) is 0 Å². The number of likely N-dealkylation sites (N-methyl/N-ethyl adjacent to an activating group) is 1. The highest BCUT2D eigenvalue weighted by Gasteiger charge is 2.16. The number of hydrogen-bond donors (Lipinski definition) is 7. The molecule has 10 heteroatoms. The molecule has 10 N–H and O–H groups in total. The molecular weight excluding hydrogens is 494 g/mol. The van der Waals surface area contributed by atoms with Crippen LogP contribution in [0.2, 0.25) is 0 Å². The molecule has 1 unspecified atom stereocenters. The molecule has 39 heavy (non-hydrogen) atoms. The molecule has 0 aliphatic carbocycles. The van der Waals surface area contributed by atoms with Gasteiger partial charge in [-0.25, -0.2) is 0 Å². The Balaban J connectivity index is 0.000000621. The second-order valence-corrected chi connectivity index (χ2v) is 8.84. The summed E-state index contributed by atoms with van der Waals surface area (Å²) in [5.41, 5.74) is 19.8. The zero-order valence-corrected chi connectivity index (χ0v) is 23.2. The second-order valence-electron chi connectivity index (χ2n) is 8.84. The lowest BCUT2D eigenvalue weighted by Gasteiger charge is -2.13. The summed E-state index contributed by atoms with van der Waals surface area (Å²) in [6, 6.07) is 14.8. The van der Waals surface area contributed by atoms with Gasteiger partial charge in [-0.05, 0) is 43.5 Å². The summed E-state index contributed by atoms with van der Waals surface area (Å²) in [6.07, 6.45) is 3.07. The fraction of sp³-hybridized carbons (Fsp3) is 0.345. The normalized spacial score (nSPS) is 10.4. The van der Waals surface area contributed by atoms with Crippen LogP contribution in [0.25, 0.3) is 0 Å². The zero-order valence-electron chi connectivity index (χ0n) is 23.2. The average molecular weight is 538 g/mol. The number of carbonyl (C=O) groups excluding carboxylic acids is 3. The largest absolute Gasteiger partial charge is 0.401 e. The Bertz CT molecular complexity index is 1100. The summed E-state index contributed by atoms with van der Waals surface area (Å²) in [7, 11) is 1.83. The Labute approximate surface area is 231 Å². The van der Waals surface area contributed by atoms with Crippen molar-refractivity contribution in [2.75, 3.05) is 13.6 Å². The van der Waals surface area contributed by atoms with Crippen molar-refractivity contribution in [2.24, 2.45) is 23.1 Å². The van der Waals surface area contributed by atoms with Crippen molar-refractivity contribution in [2.45, 2.75) is 46.1 Å². The van der Waals surface area contributed by atoms with Crippen LogP contribution in [0.5, 0.6) is 0 Å². The molecule has 0 saturated heterocycles. The SMILES string of the molecule is C=C(N)CNC.CC(=O)C(CCC(N)=O)Cc1cccc(C=N)c1.CCC(=O)NCc1ccc(C(=N)N)cc1. The number of amides is 2. The molecule has 0 aliphatic heterocycles. The summed E-state index contributed by atoms with van der Waals surface area (Å²) in [6.45, 7) is 8.03. The van der Waals surface area contributed by atoms with Gasteiger partial charge in [0.15, 0.2) is 0 Å². The van der Waals surface area contributed by atoms with Crippen LogP contribution in [-0.2, 0) is 27.3 Å². The molecule has 1 atom stereocenters.